The monoisotopic (exact) mass is 283 g/mol. The topological polar surface area (TPSA) is 53.6 Å². The lowest BCUT2D eigenvalue weighted by molar-refractivity contribution is -0.0279. The molecule has 0 saturated carbocycles. The second-order valence-corrected chi connectivity index (χ2v) is 7.19. The summed E-state index contributed by atoms with van der Waals surface area (Å²) in [7, 11) is 0. The van der Waals surface area contributed by atoms with Crippen LogP contribution in [0, 0.1) is 5.92 Å². The fourth-order valence-electron chi connectivity index (χ4n) is 3.31. The quantitative estimate of drug-likeness (QED) is 0.767. The molecule has 2 rings (SSSR count). The highest BCUT2D eigenvalue weighted by molar-refractivity contribution is 5.69. The van der Waals surface area contributed by atoms with E-state index < -0.39 is 5.60 Å². The SMILES string of the molecule is CC(C)(C)OC(=O)N1CCNCC1(C)C1CCNCC1. The van der Waals surface area contributed by atoms with E-state index in [1.807, 2.05) is 25.7 Å². The van der Waals surface area contributed by atoms with Gasteiger partial charge in [-0.1, -0.05) is 0 Å². The number of nitrogens with one attached hydrogen (secondary N) is 2. The lowest BCUT2D eigenvalue weighted by atomic mass is 9.77. The Morgan fingerprint density at radius 3 is 2.45 bits per heavy atom. The van der Waals surface area contributed by atoms with Gasteiger partial charge in [0.25, 0.3) is 0 Å². The van der Waals surface area contributed by atoms with Gasteiger partial charge in [-0.25, -0.2) is 4.79 Å². The molecule has 1 unspecified atom stereocenters. The van der Waals surface area contributed by atoms with Gasteiger partial charge in [0.05, 0.1) is 5.54 Å². The molecule has 2 aliphatic rings. The molecule has 2 saturated heterocycles. The summed E-state index contributed by atoms with van der Waals surface area (Å²) in [5, 5.41) is 6.85. The van der Waals surface area contributed by atoms with Gasteiger partial charge in [-0.3, -0.25) is 4.90 Å². The standard InChI is InChI=1S/C15H29N3O2/c1-14(2,3)20-13(19)18-10-9-17-11-15(18,4)12-5-7-16-8-6-12/h12,16-17H,5-11H2,1-4H3. The molecule has 0 radical (unpaired) electrons. The second kappa shape index (κ2) is 5.90. The molecule has 0 aromatic heterocycles. The zero-order chi connectivity index (χ0) is 14.8. The van der Waals surface area contributed by atoms with Crippen LogP contribution in [-0.2, 0) is 4.74 Å². The minimum Gasteiger partial charge on any atom is -0.444 e. The van der Waals surface area contributed by atoms with Crippen LogP contribution in [0.3, 0.4) is 0 Å². The Bertz CT molecular complexity index is 348. The van der Waals surface area contributed by atoms with E-state index in [2.05, 4.69) is 17.6 Å². The van der Waals surface area contributed by atoms with Crippen molar-refractivity contribution in [2.24, 2.45) is 5.92 Å². The van der Waals surface area contributed by atoms with Gasteiger partial charge in [0.2, 0.25) is 0 Å². The smallest absolute Gasteiger partial charge is 0.410 e. The van der Waals surface area contributed by atoms with Crippen LogP contribution in [0.15, 0.2) is 0 Å². The van der Waals surface area contributed by atoms with Gasteiger partial charge in [0.15, 0.2) is 0 Å². The molecule has 1 amide bonds. The van der Waals surface area contributed by atoms with Gasteiger partial charge >= 0.3 is 6.09 Å². The summed E-state index contributed by atoms with van der Waals surface area (Å²) in [6.07, 6.45) is 2.08. The number of ether oxygens (including phenoxy) is 1. The van der Waals surface area contributed by atoms with Gasteiger partial charge in [-0.15, -0.1) is 0 Å². The summed E-state index contributed by atoms with van der Waals surface area (Å²) < 4.78 is 5.61. The van der Waals surface area contributed by atoms with Crippen molar-refractivity contribution in [3.63, 3.8) is 0 Å². The summed E-state index contributed by atoms with van der Waals surface area (Å²) in [4.78, 5) is 14.5. The molecule has 0 aromatic rings. The van der Waals surface area contributed by atoms with E-state index in [4.69, 9.17) is 4.74 Å². The molecule has 0 aliphatic carbocycles. The normalized spacial score (nSPS) is 29.3. The Hall–Kier alpha value is -0.810. The number of hydrogen-bond acceptors (Lipinski definition) is 4. The number of hydrogen-bond donors (Lipinski definition) is 2. The molecule has 20 heavy (non-hydrogen) atoms. The van der Waals surface area contributed by atoms with Crippen LogP contribution < -0.4 is 10.6 Å². The van der Waals surface area contributed by atoms with Gasteiger partial charge in [0.1, 0.15) is 5.60 Å². The first kappa shape index (κ1) is 15.6. The van der Waals surface area contributed by atoms with Crippen LogP contribution >= 0.6 is 0 Å². The molecule has 5 nitrogen and oxygen atoms in total. The van der Waals surface area contributed by atoms with Crippen LogP contribution in [0.5, 0.6) is 0 Å². The molecule has 2 aliphatic heterocycles. The average molecular weight is 283 g/mol. The summed E-state index contributed by atoms with van der Waals surface area (Å²) in [6, 6.07) is 0. The fourth-order valence-corrected chi connectivity index (χ4v) is 3.31. The Kier molecular flexibility index (Phi) is 4.59. The number of nitrogens with zero attached hydrogens (tertiary/aromatic N) is 1. The average Bonchev–Trinajstić information content (AvgIpc) is 2.38. The molecular formula is C15H29N3O2. The maximum atomic E-state index is 12.5. The third kappa shape index (κ3) is 3.44. The molecule has 0 spiro atoms. The van der Waals surface area contributed by atoms with E-state index in [0.717, 1.165) is 45.6 Å². The van der Waals surface area contributed by atoms with Gasteiger partial charge in [-0.2, -0.15) is 0 Å². The second-order valence-electron chi connectivity index (χ2n) is 7.19. The molecule has 5 heteroatoms. The van der Waals surface area contributed by atoms with Crippen LogP contribution in [-0.4, -0.2) is 54.9 Å². The predicted octanol–water partition coefficient (Wildman–Crippen LogP) is 1.58. The van der Waals surface area contributed by atoms with Crippen LogP contribution in [0.25, 0.3) is 0 Å². The van der Waals surface area contributed by atoms with Crippen molar-refractivity contribution in [2.75, 3.05) is 32.7 Å². The molecule has 0 aromatic carbocycles. The summed E-state index contributed by atoms with van der Waals surface area (Å²) in [5.74, 6) is 0.532. The van der Waals surface area contributed by atoms with Gasteiger partial charge in [-0.05, 0) is 59.5 Å². The van der Waals surface area contributed by atoms with E-state index in [9.17, 15) is 4.79 Å². The third-order valence-corrected chi connectivity index (χ3v) is 4.44. The zero-order valence-corrected chi connectivity index (χ0v) is 13.3. The number of rotatable bonds is 1. The fraction of sp³-hybridized carbons (Fsp3) is 0.933. The lowest BCUT2D eigenvalue weighted by Crippen LogP contribution is -2.66. The van der Waals surface area contributed by atoms with Crippen molar-refractivity contribution in [2.45, 2.75) is 51.7 Å². The molecule has 2 fully saturated rings. The van der Waals surface area contributed by atoms with Crippen molar-refractivity contribution in [1.29, 1.82) is 0 Å². The Balaban J connectivity index is 2.13. The van der Waals surface area contributed by atoms with Gasteiger partial charge in [0, 0.05) is 19.6 Å². The Morgan fingerprint density at radius 1 is 1.20 bits per heavy atom. The maximum Gasteiger partial charge on any atom is 0.410 e. The molecule has 2 heterocycles. The molecule has 2 N–H and O–H groups in total. The zero-order valence-electron chi connectivity index (χ0n) is 13.3. The Morgan fingerprint density at radius 2 is 1.85 bits per heavy atom. The number of piperidine rings is 1. The van der Waals surface area contributed by atoms with Crippen LogP contribution in [0.1, 0.15) is 40.5 Å². The van der Waals surface area contributed by atoms with Crippen molar-refractivity contribution < 1.29 is 9.53 Å². The molecule has 0 bridgehead atoms. The largest absolute Gasteiger partial charge is 0.444 e. The summed E-state index contributed by atoms with van der Waals surface area (Å²) >= 11 is 0. The highest BCUT2D eigenvalue weighted by Crippen LogP contribution is 2.33. The highest BCUT2D eigenvalue weighted by Gasteiger charge is 2.45. The predicted molar refractivity (Wildman–Crippen MR) is 79.8 cm³/mol. The molecule has 116 valence electrons. The van der Waals surface area contributed by atoms with Gasteiger partial charge < -0.3 is 15.4 Å². The van der Waals surface area contributed by atoms with Crippen LogP contribution in [0.4, 0.5) is 4.79 Å². The first-order valence-electron chi connectivity index (χ1n) is 7.75. The van der Waals surface area contributed by atoms with Crippen molar-refractivity contribution in [1.82, 2.24) is 15.5 Å². The highest BCUT2D eigenvalue weighted by atomic mass is 16.6. The van der Waals surface area contributed by atoms with Crippen molar-refractivity contribution in [3.05, 3.63) is 0 Å². The minimum atomic E-state index is -0.434. The Labute approximate surface area is 122 Å². The molecular weight excluding hydrogens is 254 g/mol. The third-order valence-electron chi connectivity index (χ3n) is 4.44. The van der Waals surface area contributed by atoms with Crippen LogP contribution in [0.2, 0.25) is 0 Å². The van der Waals surface area contributed by atoms with E-state index in [1.165, 1.54) is 0 Å². The molecule has 1 atom stereocenters. The van der Waals surface area contributed by atoms with E-state index >= 15 is 0 Å². The number of amides is 1. The summed E-state index contributed by atoms with van der Waals surface area (Å²) in [6.45, 7) is 12.5. The first-order valence-corrected chi connectivity index (χ1v) is 7.75. The lowest BCUT2D eigenvalue weighted by Gasteiger charge is -2.50. The van der Waals surface area contributed by atoms with Crippen molar-refractivity contribution >= 4 is 6.09 Å². The van der Waals surface area contributed by atoms with Crippen molar-refractivity contribution in [3.8, 4) is 0 Å². The number of carbonyl (C=O) groups is 1. The van der Waals surface area contributed by atoms with E-state index in [1.54, 1.807) is 0 Å². The minimum absolute atomic E-state index is 0.136. The number of carbonyl (C=O) groups excluding carboxylic acids is 1. The summed E-state index contributed by atoms with van der Waals surface area (Å²) in [5.41, 5.74) is -0.570. The van der Waals surface area contributed by atoms with E-state index in [-0.39, 0.29) is 11.6 Å². The van der Waals surface area contributed by atoms with E-state index in [0.29, 0.717) is 5.92 Å². The first-order chi connectivity index (χ1) is 9.33. The number of piperazine rings is 1. The maximum absolute atomic E-state index is 12.5.